The first kappa shape index (κ1) is 18.2. The standard InChI is InChI=1S/C19H19N5O3S/c1-10-5-14-12(7-13(10)27-4)21-19(28-14)22-15(25)8-24-9-20-18-17(24)11(2)6-16(26)23(18)3/h5-7,9H,8H2,1-4H3,(H,21,22,25). The average molecular weight is 397 g/mol. The van der Waals surface area contributed by atoms with Gasteiger partial charge in [-0.25, -0.2) is 9.97 Å². The highest BCUT2D eigenvalue weighted by molar-refractivity contribution is 7.22. The number of fused-ring (bicyclic) bond motifs is 2. The van der Waals surface area contributed by atoms with E-state index in [4.69, 9.17) is 4.74 Å². The monoisotopic (exact) mass is 397 g/mol. The number of nitrogens with one attached hydrogen (secondary N) is 1. The minimum atomic E-state index is -0.213. The molecule has 4 aromatic rings. The third-order valence-electron chi connectivity index (χ3n) is 4.65. The number of nitrogens with zero attached hydrogens (tertiary/aromatic N) is 4. The highest BCUT2D eigenvalue weighted by atomic mass is 32.1. The van der Waals surface area contributed by atoms with Crippen LogP contribution in [0.2, 0.25) is 0 Å². The summed E-state index contributed by atoms with van der Waals surface area (Å²) in [6.07, 6.45) is 1.57. The summed E-state index contributed by atoms with van der Waals surface area (Å²) in [6.45, 7) is 3.88. The molecule has 1 amide bonds. The van der Waals surface area contributed by atoms with Gasteiger partial charge < -0.3 is 14.6 Å². The van der Waals surface area contributed by atoms with Crippen molar-refractivity contribution in [3.8, 4) is 5.75 Å². The zero-order chi connectivity index (χ0) is 20.0. The first-order valence-corrected chi connectivity index (χ1v) is 9.45. The van der Waals surface area contributed by atoms with Crippen molar-refractivity contribution in [2.24, 2.45) is 7.05 Å². The van der Waals surface area contributed by atoms with Crippen molar-refractivity contribution < 1.29 is 9.53 Å². The number of aryl methyl sites for hydroxylation is 3. The van der Waals surface area contributed by atoms with Crippen molar-refractivity contribution in [3.63, 3.8) is 0 Å². The molecule has 0 saturated carbocycles. The van der Waals surface area contributed by atoms with Crippen LogP contribution in [0, 0.1) is 13.8 Å². The molecule has 0 spiro atoms. The van der Waals surface area contributed by atoms with Crippen molar-refractivity contribution in [2.75, 3.05) is 12.4 Å². The molecule has 3 heterocycles. The van der Waals surface area contributed by atoms with Crippen molar-refractivity contribution in [2.45, 2.75) is 20.4 Å². The van der Waals surface area contributed by atoms with Gasteiger partial charge in [-0.05, 0) is 31.0 Å². The Bertz CT molecular complexity index is 1280. The van der Waals surface area contributed by atoms with Crippen LogP contribution in [0.3, 0.4) is 0 Å². The average Bonchev–Trinajstić information content (AvgIpc) is 3.22. The molecule has 1 N–H and O–H groups in total. The molecule has 9 heteroatoms. The minimum absolute atomic E-state index is 0.0772. The van der Waals surface area contributed by atoms with E-state index >= 15 is 0 Å². The van der Waals surface area contributed by atoms with E-state index in [-0.39, 0.29) is 18.0 Å². The lowest BCUT2D eigenvalue weighted by Crippen LogP contribution is -2.20. The molecule has 1 aromatic carbocycles. The molecule has 0 unspecified atom stereocenters. The number of thiazole rings is 1. The maximum Gasteiger partial charge on any atom is 0.252 e. The summed E-state index contributed by atoms with van der Waals surface area (Å²) in [5, 5.41) is 3.38. The van der Waals surface area contributed by atoms with Gasteiger partial charge in [0.05, 0.1) is 29.2 Å². The van der Waals surface area contributed by atoms with Crippen LogP contribution in [0.15, 0.2) is 29.3 Å². The lowest BCUT2D eigenvalue weighted by molar-refractivity contribution is -0.116. The third-order valence-corrected chi connectivity index (χ3v) is 5.58. The van der Waals surface area contributed by atoms with Crippen LogP contribution in [0.5, 0.6) is 5.75 Å². The number of hydrogen-bond donors (Lipinski definition) is 1. The molecule has 0 aliphatic rings. The molecule has 0 saturated heterocycles. The van der Waals surface area contributed by atoms with E-state index in [1.54, 1.807) is 31.1 Å². The van der Waals surface area contributed by atoms with Gasteiger partial charge in [-0.1, -0.05) is 11.3 Å². The maximum atomic E-state index is 12.6. The van der Waals surface area contributed by atoms with Gasteiger partial charge in [0.1, 0.15) is 12.3 Å². The number of anilines is 1. The topological polar surface area (TPSA) is 91.0 Å². The fourth-order valence-corrected chi connectivity index (χ4v) is 4.20. The number of aromatic nitrogens is 4. The van der Waals surface area contributed by atoms with Gasteiger partial charge in [0.15, 0.2) is 10.8 Å². The number of benzene rings is 1. The number of ether oxygens (including phenoxy) is 1. The zero-order valence-electron chi connectivity index (χ0n) is 15.9. The van der Waals surface area contributed by atoms with Crippen LogP contribution < -0.4 is 15.6 Å². The van der Waals surface area contributed by atoms with Crippen LogP contribution in [-0.4, -0.2) is 32.1 Å². The van der Waals surface area contributed by atoms with Crippen molar-refractivity contribution in [1.29, 1.82) is 0 Å². The number of imidazole rings is 1. The maximum absolute atomic E-state index is 12.6. The van der Waals surface area contributed by atoms with E-state index in [9.17, 15) is 9.59 Å². The summed E-state index contributed by atoms with van der Waals surface area (Å²) in [5.41, 5.74) is 3.78. The van der Waals surface area contributed by atoms with E-state index in [2.05, 4.69) is 15.3 Å². The highest BCUT2D eigenvalue weighted by Gasteiger charge is 2.14. The first-order valence-electron chi connectivity index (χ1n) is 8.64. The van der Waals surface area contributed by atoms with E-state index in [1.165, 1.54) is 15.9 Å². The Morgan fingerprint density at radius 1 is 1.25 bits per heavy atom. The molecular formula is C19H19N5O3S. The van der Waals surface area contributed by atoms with Gasteiger partial charge in [0.2, 0.25) is 5.91 Å². The van der Waals surface area contributed by atoms with Gasteiger partial charge in [-0.3, -0.25) is 14.2 Å². The molecule has 0 aliphatic heterocycles. The van der Waals surface area contributed by atoms with Gasteiger partial charge >= 0.3 is 0 Å². The first-order chi connectivity index (χ1) is 13.4. The molecule has 144 valence electrons. The summed E-state index contributed by atoms with van der Waals surface area (Å²) >= 11 is 1.41. The lowest BCUT2D eigenvalue weighted by atomic mass is 10.2. The van der Waals surface area contributed by atoms with Crippen molar-refractivity contribution in [1.82, 2.24) is 19.1 Å². The second-order valence-electron chi connectivity index (χ2n) is 6.63. The number of pyridine rings is 1. The predicted molar refractivity (Wildman–Crippen MR) is 109 cm³/mol. The Morgan fingerprint density at radius 2 is 2.04 bits per heavy atom. The van der Waals surface area contributed by atoms with E-state index in [0.29, 0.717) is 10.8 Å². The molecular weight excluding hydrogens is 378 g/mol. The van der Waals surface area contributed by atoms with Gasteiger partial charge in [0.25, 0.3) is 5.56 Å². The number of amides is 1. The van der Waals surface area contributed by atoms with Crippen LogP contribution in [0.1, 0.15) is 11.1 Å². The van der Waals surface area contributed by atoms with Crippen LogP contribution >= 0.6 is 11.3 Å². The van der Waals surface area contributed by atoms with Crippen molar-refractivity contribution >= 4 is 43.8 Å². The molecule has 0 aliphatic carbocycles. The quantitative estimate of drug-likeness (QED) is 0.572. The molecule has 4 rings (SSSR count). The summed E-state index contributed by atoms with van der Waals surface area (Å²) < 4.78 is 9.51. The zero-order valence-corrected chi connectivity index (χ0v) is 16.8. The second-order valence-corrected chi connectivity index (χ2v) is 7.66. The van der Waals surface area contributed by atoms with Gasteiger partial charge in [-0.2, -0.15) is 0 Å². The molecule has 8 nitrogen and oxygen atoms in total. The Morgan fingerprint density at radius 3 is 2.79 bits per heavy atom. The molecule has 0 radical (unpaired) electrons. The summed E-state index contributed by atoms with van der Waals surface area (Å²) in [4.78, 5) is 33.2. The van der Waals surface area contributed by atoms with E-state index in [0.717, 1.165) is 32.6 Å². The highest BCUT2D eigenvalue weighted by Crippen LogP contribution is 2.31. The Balaban J connectivity index is 1.60. The Hall–Kier alpha value is -3.20. The van der Waals surface area contributed by atoms with E-state index in [1.807, 2.05) is 26.0 Å². The summed E-state index contributed by atoms with van der Waals surface area (Å²) in [6, 6.07) is 5.40. The second kappa shape index (κ2) is 6.75. The van der Waals surface area contributed by atoms with Crippen LogP contribution in [-0.2, 0) is 18.4 Å². The number of carbonyl (C=O) groups excluding carboxylic acids is 1. The molecule has 0 atom stereocenters. The summed E-state index contributed by atoms with van der Waals surface area (Å²) in [5.74, 6) is 0.553. The SMILES string of the molecule is COc1cc2nc(NC(=O)Cn3cnc4c3c(C)cc(=O)n4C)sc2cc1C. The third kappa shape index (κ3) is 3.03. The molecule has 3 aromatic heterocycles. The number of carbonyl (C=O) groups is 1. The predicted octanol–water partition coefficient (Wildman–Crippen LogP) is 2.61. The number of rotatable bonds is 4. The minimum Gasteiger partial charge on any atom is -0.496 e. The van der Waals surface area contributed by atoms with Gasteiger partial charge in [0, 0.05) is 19.2 Å². The Kier molecular flexibility index (Phi) is 4.38. The number of methoxy groups -OCH3 is 1. The molecule has 28 heavy (non-hydrogen) atoms. The number of hydrogen-bond acceptors (Lipinski definition) is 6. The normalized spacial score (nSPS) is 11.3. The lowest BCUT2D eigenvalue weighted by Gasteiger charge is -2.07. The van der Waals surface area contributed by atoms with Crippen LogP contribution in [0.4, 0.5) is 5.13 Å². The molecule has 0 bridgehead atoms. The fraction of sp³-hybridized carbons (Fsp3) is 0.263. The molecule has 0 fully saturated rings. The van der Waals surface area contributed by atoms with Crippen LogP contribution in [0.25, 0.3) is 21.4 Å². The largest absolute Gasteiger partial charge is 0.496 e. The summed E-state index contributed by atoms with van der Waals surface area (Å²) in [7, 11) is 3.29. The smallest absolute Gasteiger partial charge is 0.252 e. The Labute approximate surface area is 164 Å². The fourth-order valence-electron chi connectivity index (χ4n) is 3.24. The van der Waals surface area contributed by atoms with Crippen molar-refractivity contribution in [3.05, 3.63) is 46.0 Å². The van der Waals surface area contributed by atoms with Gasteiger partial charge in [-0.15, -0.1) is 0 Å². The van der Waals surface area contributed by atoms with E-state index < -0.39 is 0 Å².